The van der Waals surface area contributed by atoms with E-state index in [0.29, 0.717) is 5.92 Å². The number of hydrogen-bond acceptors (Lipinski definition) is 0. The average molecular weight is 753 g/mol. The van der Waals surface area contributed by atoms with Crippen LogP contribution in [-0.4, -0.2) is 0 Å². The van der Waals surface area contributed by atoms with Crippen LogP contribution in [0.1, 0.15) is 80.0 Å². The molecule has 2 atom stereocenters. The van der Waals surface area contributed by atoms with Crippen molar-refractivity contribution in [2.75, 3.05) is 0 Å². The molecule has 9 aromatic rings. The van der Waals surface area contributed by atoms with Crippen LogP contribution >= 0.6 is 0 Å². The van der Waals surface area contributed by atoms with Gasteiger partial charge in [0.1, 0.15) is 0 Å². The molecule has 0 radical (unpaired) electrons. The van der Waals surface area contributed by atoms with E-state index < -0.39 is 10.8 Å². The Morgan fingerprint density at radius 3 is 1.22 bits per heavy atom. The molecule has 0 aromatic heterocycles. The van der Waals surface area contributed by atoms with Gasteiger partial charge in [-0.25, -0.2) is 0 Å². The molecule has 0 fully saturated rings. The second-order valence-electron chi connectivity index (χ2n) is 16.3. The molecule has 2 aliphatic rings. The highest BCUT2D eigenvalue weighted by molar-refractivity contribution is 5.91. The minimum Gasteiger partial charge on any atom is -0.0622 e. The average Bonchev–Trinajstić information content (AvgIpc) is 3.61. The molecule has 0 bridgehead atoms. The van der Waals surface area contributed by atoms with Gasteiger partial charge in [-0.1, -0.05) is 237 Å². The van der Waals surface area contributed by atoms with Crippen LogP contribution in [0.3, 0.4) is 0 Å². The molecule has 0 heterocycles. The van der Waals surface area contributed by atoms with E-state index >= 15 is 0 Å². The first-order valence-corrected chi connectivity index (χ1v) is 21.0. The lowest BCUT2D eigenvalue weighted by molar-refractivity contribution is 0.623. The Morgan fingerprint density at radius 1 is 0.288 bits per heavy atom. The fourth-order valence-corrected chi connectivity index (χ4v) is 11.0. The second-order valence-corrected chi connectivity index (χ2v) is 16.3. The Morgan fingerprint density at radius 2 is 0.678 bits per heavy atom. The number of rotatable bonds is 7. The molecule has 0 aliphatic heterocycles. The third-order valence-corrected chi connectivity index (χ3v) is 13.5. The molecule has 59 heavy (non-hydrogen) atoms. The number of benzene rings is 9. The molecular formula is C59H44. The SMILES string of the molecule is CC(c1ccccc1)C(c1ccccc1)c1ccc(-c2ccc3c(c2)-c2ccccc2C32c3ccccc3C(c3ccccc3)(c3ccccc3)c3ccccc32)cc1. The van der Waals surface area contributed by atoms with Gasteiger partial charge in [0.15, 0.2) is 0 Å². The Bertz CT molecular complexity index is 2840. The summed E-state index contributed by atoms with van der Waals surface area (Å²) in [5, 5.41) is 0. The zero-order chi connectivity index (χ0) is 39.4. The lowest BCUT2D eigenvalue weighted by atomic mass is 9.51. The molecule has 0 amide bonds. The van der Waals surface area contributed by atoms with Crippen LogP contribution in [0, 0.1) is 0 Å². The van der Waals surface area contributed by atoms with Gasteiger partial charge in [0, 0.05) is 5.92 Å². The monoisotopic (exact) mass is 752 g/mol. The van der Waals surface area contributed by atoms with Gasteiger partial charge in [-0.15, -0.1) is 0 Å². The van der Waals surface area contributed by atoms with Crippen LogP contribution in [0.2, 0.25) is 0 Å². The van der Waals surface area contributed by atoms with Crippen molar-refractivity contribution in [3.05, 3.63) is 298 Å². The number of hydrogen-bond donors (Lipinski definition) is 0. The number of fused-ring (bicyclic) bond motifs is 9. The quantitative estimate of drug-likeness (QED) is 0.152. The van der Waals surface area contributed by atoms with Crippen LogP contribution < -0.4 is 0 Å². The van der Waals surface area contributed by atoms with E-state index in [0.717, 1.165) is 0 Å². The van der Waals surface area contributed by atoms with Crippen molar-refractivity contribution in [1.82, 2.24) is 0 Å². The van der Waals surface area contributed by atoms with E-state index in [1.165, 1.54) is 83.5 Å². The summed E-state index contributed by atoms with van der Waals surface area (Å²) in [4.78, 5) is 0. The Hall–Kier alpha value is -7.02. The summed E-state index contributed by atoms with van der Waals surface area (Å²) in [5.41, 5.74) is 18.7. The Balaban J connectivity index is 1.09. The standard InChI is InChI=1S/C59H44/c1-41(42-20-6-2-7-21-42)57(44-22-8-3-9-23-44)45-36-34-43(35-37-45)46-38-39-52-50(40-46)49-28-14-15-29-51(49)59(52)55-32-18-16-30-53(55)58(47-24-10-4-11-25-47,48-26-12-5-13-27-48)54-31-17-19-33-56(54)59/h2-41,57H,1H3. The summed E-state index contributed by atoms with van der Waals surface area (Å²) in [5.74, 6) is 0.561. The van der Waals surface area contributed by atoms with E-state index in [1.807, 2.05) is 0 Å². The van der Waals surface area contributed by atoms with Crippen LogP contribution in [0.25, 0.3) is 22.3 Å². The fraction of sp³-hybridized carbons (Fsp3) is 0.0847. The van der Waals surface area contributed by atoms with E-state index in [4.69, 9.17) is 0 Å². The van der Waals surface area contributed by atoms with Gasteiger partial charge < -0.3 is 0 Å². The predicted molar refractivity (Wildman–Crippen MR) is 244 cm³/mol. The van der Waals surface area contributed by atoms with Gasteiger partial charge >= 0.3 is 0 Å². The van der Waals surface area contributed by atoms with Crippen molar-refractivity contribution in [2.45, 2.75) is 29.6 Å². The van der Waals surface area contributed by atoms with Gasteiger partial charge in [-0.05, 0) is 95.4 Å². The van der Waals surface area contributed by atoms with Crippen molar-refractivity contribution < 1.29 is 0 Å². The summed E-state index contributed by atoms with van der Waals surface area (Å²) >= 11 is 0. The van der Waals surface area contributed by atoms with Crippen LogP contribution in [-0.2, 0) is 10.8 Å². The largest absolute Gasteiger partial charge is 0.0720 e. The fourth-order valence-electron chi connectivity index (χ4n) is 11.0. The summed E-state index contributed by atoms with van der Waals surface area (Å²) < 4.78 is 0. The zero-order valence-corrected chi connectivity index (χ0v) is 33.2. The maximum absolute atomic E-state index is 2.46. The van der Waals surface area contributed by atoms with Gasteiger partial charge in [0.25, 0.3) is 0 Å². The highest BCUT2D eigenvalue weighted by atomic mass is 14.6. The molecule has 0 saturated heterocycles. The maximum Gasteiger partial charge on any atom is 0.0720 e. The van der Waals surface area contributed by atoms with Gasteiger partial charge in [-0.2, -0.15) is 0 Å². The van der Waals surface area contributed by atoms with E-state index in [9.17, 15) is 0 Å². The summed E-state index contributed by atoms with van der Waals surface area (Å²) in [6.07, 6.45) is 0. The molecule has 0 saturated carbocycles. The molecular weight excluding hydrogens is 709 g/mol. The first-order valence-electron chi connectivity index (χ1n) is 21.0. The molecule has 1 spiro atoms. The maximum atomic E-state index is 2.46. The molecule has 0 heteroatoms. The normalized spacial score (nSPS) is 15.0. The van der Waals surface area contributed by atoms with Crippen LogP contribution in [0.5, 0.6) is 0 Å². The Kier molecular flexibility index (Phi) is 8.41. The van der Waals surface area contributed by atoms with Crippen molar-refractivity contribution in [1.29, 1.82) is 0 Å². The first kappa shape index (κ1) is 35.2. The highest BCUT2D eigenvalue weighted by Gasteiger charge is 2.56. The van der Waals surface area contributed by atoms with E-state index in [1.54, 1.807) is 0 Å². The molecule has 2 aliphatic carbocycles. The van der Waals surface area contributed by atoms with E-state index in [-0.39, 0.29) is 5.92 Å². The third kappa shape index (κ3) is 5.23. The molecule has 2 unspecified atom stereocenters. The molecule has 9 aromatic carbocycles. The summed E-state index contributed by atoms with van der Waals surface area (Å²) in [6, 6.07) is 88.6. The Labute approximate surface area is 348 Å². The van der Waals surface area contributed by atoms with Gasteiger partial charge in [0.05, 0.1) is 10.8 Å². The topological polar surface area (TPSA) is 0 Å². The molecule has 0 N–H and O–H groups in total. The van der Waals surface area contributed by atoms with Crippen molar-refractivity contribution in [3.8, 4) is 22.3 Å². The molecule has 0 nitrogen and oxygen atoms in total. The predicted octanol–water partition coefficient (Wildman–Crippen LogP) is 14.3. The van der Waals surface area contributed by atoms with Crippen LogP contribution in [0.4, 0.5) is 0 Å². The van der Waals surface area contributed by atoms with Crippen molar-refractivity contribution in [3.63, 3.8) is 0 Å². The third-order valence-electron chi connectivity index (χ3n) is 13.5. The molecule has 280 valence electrons. The summed E-state index contributed by atoms with van der Waals surface area (Å²) in [6.45, 7) is 2.36. The van der Waals surface area contributed by atoms with Gasteiger partial charge in [-0.3, -0.25) is 0 Å². The van der Waals surface area contributed by atoms with Crippen LogP contribution in [0.15, 0.2) is 237 Å². The second kappa shape index (κ2) is 14.1. The smallest absolute Gasteiger partial charge is 0.0622 e. The minimum absolute atomic E-state index is 0.240. The first-order chi connectivity index (χ1) is 29.2. The zero-order valence-electron chi connectivity index (χ0n) is 33.2. The lowest BCUT2D eigenvalue weighted by Crippen LogP contribution is -2.44. The molecule has 11 rings (SSSR count). The van der Waals surface area contributed by atoms with Crippen molar-refractivity contribution >= 4 is 0 Å². The highest BCUT2D eigenvalue weighted by Crippen LogP contribution is 2.64. The summed E-state index contributed by atoms with van der Waals surface area (Å²) in [7, 11) is 0. The van der Waals surface area contributed by atoms with Gasteiger partial charge in [0.2, 0.25) is 0 Å². The van der Waals surface area contributed by atoms with E-state index in [2.05, 4.69) is 244 Å². The minimum atomic E-state index is -0.504. The lowest BCUT2D eigenvalue weighted by Gasteiger charge is -2.50. The van der Waals surface area contributed by atoms with Crippen molar-refractivity contribution in [2.24, 2.45) is 0 Å².